The summed E-state index contributed by atoms with van der Waals surface area (Å²) in [6.07, 6.45) is -0.746. The summed E-state index contributed by atoms with van der Waals surface area (Å²) in [7, 11) is -2.66. The van der Waals surface area contributed by atoms with Crippen molar-refractivity contribution in [2.75, 3.05) is 7.11 Å². The minimum Gasteiger partial charge on any atom is -0.445 e. The van der Waals surface area contributed by atoms with E-state index in [-0.39, 0.29) is 18.9 Å². The second-order valence-electron chi connectivity index (χ2n) is 7.54. The Hall–Kier alpha value is -2.67. The average molecular weight is 447 g/mol. The van der Waals surface area contributed by atoms with Crippen LogP contribution in [0.5, 0.6) is 0 Å². The first-order valence-corrected chi connectivity index (χ1v) is 11.7. The van der Waals surface area contributed by atoms with Crippen LogP contribution in [0.4, 0.5) is 4.79 Å². The zero-order chi connectivity index (χ0) is 23.0. The highest BCUT2D eigenvalue weighted by molar-refractivity contribution is 7.57. The quantitative estimate of drug-likeness (QED) is 0.537. The van der Waals surface area contributed by atoms with E-state index in [1.54, 1.807) is 26.0 Å². The molecule has 2 aromatic carbocycles. The number of ether oxygens (including phenoxy) is 1. The first-order valence-electron chi connectivity index (χ1n) is 9.93. The summed E-state index contributed by atoms with van der Waals surface area (Å²) >= 11 is 0. The molecule has 4 N–H and O–H groups in total. The Kier molecular flexibility index (Phi) is 8.80. The van der Waals surface area contributed by atoms with Gasteiger partial charge in [0.15, 0.2) is 0 Å². The molecule has 2 amide bonds. The Morgan fingerprint density at radius 3 is 1.97 bits per heavy atom. The van der Waals surface area contributed by atoms with Gasteiger partial charge in [-0.05, 0) is 17.0 Å². The van der Waals surface area contributed by atoms with Crippen molar-refractivity contribution < 1.29 is 23.4 Å². The summed E-state index contributed by atoms with van der Waals surface area (Å²) in [5, 5.41) is 0. The number of carbonyl (C=O) groups excluding carboxylic acids is 2. The third kappa shape index (κ3) is 6.66. The largest absolute Gasteiger partial charge is 0.445 e. The van der Waals surface area contributed by atoms with E-state index < -0.39 is 31.3 Å². The van der Waals surface area contributed by atoms with E-state index in [0.29, 0.717) is 0 Å². The van der Waals surface area contributed by atoms with Gasteiger partial charge in [0.25, 0.3) is 7.52 Å². The number of hydrogen-bond acceptors (Lipinski definition) is 5. The van der Waals surface area contributed by atoms with Crippen LogP contribution in [0, 0.1) is 5.92 Å². The van der Waals surface area contributed by atoms with Crippen molar-refractivity contribution in [2.45, 2.75) is 38.7 Å². The number of rotatable bonds is 10. The van der Waals surface area contributed by atoms with Crippen molar-refractivity contribution in [3.63, 3.8) is 0 Å². The van der Waals surface area contributed by atoms with E-state index in [4.69, 9.17) is 20.5 Å². The molecule has 0 fully saturated rings. The van der Waals surface area contributed by atoms with E-state index in [9.17, 15) is 14.2 Å². The molecule has 2 rings (SSSR count). The molecule has 0 bridgehead atoms. The standard InChI is InChI=1S/C22H30N3O5P/c1-16(2)20(21(23)26)25(22(27)30-15-18-12-8-5-9-13-18)19(31(24,28)29-3)14-17-10-6-4-7-11-17/h4-13,16,19-20H,14-15H2,1-3H3,(H2,23,26)(H2,24,28). The summed E-state index contributed by atoms with van der Waals surface area (Å²) in [6.45, 7) is 3.45. The van der Waals surface area contributed by atoms with Crippen LogP contribution in [0.2, 0.25) is 0 Å². The van der Waals surface area contributed by atoms with E-state index in [1.807, 2.05) is 48.5 Å². The maximum absolute atomic E-state index is 13.2. The highest BCUT2D eigenvalue weighted by atomic mass is 31.2. The van der Waals surface area contributed by atoms with E-state index in [0.717, 1.165) is 16.0 Å². The van der Waals surface area contributed by atoms with Gasteiger partial charge in [-0.25, -0.2) is 4.79 Å². The molecule has 3 unspecified atom stereocenters. The van der Waals surface area contributed by atoms with Crippen LogP contribution in [0.15, 0.2) is 60.7 Å². The highest BCUT2D eigenvalue weighted by Gasteiger charge is 2.45. The smallest absolute Gasteiger partial charge is 0.411 e. The Morgan fingerprint density at radius 1 is 1.00 bits per heavy atom. The van der Waals surface area contributed by atoms with Gasteiger partial charge < -0.3 is 15.0 Å². The van der Waals surface area contributed by atoms with Crippen molar-refractivity contribution in [1.29, 1.82) is 0 Å². The first kappa shape index (κ1) is 24.6. The topological polar surface area (TPSA) is 125 Å². The summed E-state index contributed by atoms with van der Waals surface area (Å²) < 4.78 is 23.8. The van der Waals surface area contributed by atoms with Gasteiger partial charge in [0, 0.05) is 13.5 Å². The normalized spacial score (nSPS) is 15.0. The van der Waals surface area contributed by atoms with Crippen LogP contribution >= 0.6 is 7.52 Å². The predicted octanol–water partition coefficient (Wildman–Crippen LogP) is 3.50. The van der Waals surface area contributed by atoms with Crippen LogP contribution < -0.4 is 11.2 Å². The Morgan fingerprint density at radius 2 is 1.52 bits per heavy atom. The summed E-state index contributed by atoms with van der Waals surface area (Å²) in [6, 6.07) is 17.1. The second-order valence-corrected chi connectivity index (χ2v) is 9.79. The zero-order valence-electron chi connectivity index (χ0n) is 18.0. The summed E-state index contributed by atoms with van der Waals surface area (Å²) in [5.41, 5.74) is 13.2. The molecule has 0 saturated heterocycles. The van der Waals surface area contributed by atoms with Gasteiger partial charge in [-0.2, -0.15) is 0 Å². The molecule has 9 heteroatoms. The van der Waals surface area contributed by atoms with Gasteiger partial charge in [0.2, 0.25) is 5.91 Å². The van der Waals surface area contributed by atoms with E-state index >= 15 is 0 Å². The molecule has 0 aliphatic heterocycles. The van der Waals surface area contributed by atoms with Gasteiger partial charge in [-0.15, -0.1) is 0 Å². The highest BCUT2D eigenvalue weighted by Crippen LogP contribution is 2.47. The van der Waals surface area contributed by atoms with E-state index in [1.165, 1.54) is 7.11 Å². The summed E-state index contributed by atoms with van der Waals surface area (Å²) in [5.74, 6) is -2.28. The molecule has 0 heterocycles. The molecule has 0 aliphatic rings. The van der Waals surface area contributed by atoms with Gasteiger partial charge in [-0.1, -0.05) is 74.5 Å². The number of nitrogens with zero attached hydrogens (tertiary/aromatic N) is 1. The molecule has 0 aliphatic carbocycles. The summed E-state index contributed by atoms with van der Waals surface area (Å²) in [4.78, 5) is 26.7. The van der Waals surface area contributed by atoms with Gasteiger partial charge in [-0.3, -0.25) is 19.8 Å². The maximum atomic E-state index is 13.2. The SMILES string of the molecule is COP(N)(=O)C(Cc1ccccc1)N(C(=O)OCc1ccccc1)C(C(N)=O)C(C)C. The van der Waals surface area contributed by atoms with Crippen LogP contribution in [-0.2, 0) is 31.6 Å². The van der Waals surface area contributed by atoms with Crippen molar-refractivity contribution in [1.82, 2.24) is 4.90 Å². The molecule has 31 heavy (non-hydrogen) atoms. The van der Waals surface area contributed by atoms with Gasteiger partial charge >= 0.3 is 6.09 Å². The monoisotopic (exact) mass is 447 g/mol. The van der Waals surface area contributed by atoms with Crippen LogP contribution in [0.1, 0.15) is 25.0 Å². The molecule has 168 valence electrons. The fourth-order valence-electron chi connectivity index (χ4n) is 3.35. The number of amides is 2. The minimum atomic E-state index is -3.87. The molecule has 8 nitrogen and oxygen atoms in total. The maximum Gasteiger partial charge on any atom is 0.411 e. The molecule has 0 aromatic heterocycles. The zero-order valence-corrected chi connectivity index (χ0v) is 18.9. The average Bonchev–Trinajstić information content (AvgIpc) is 2.75. The number of carbonyl (C=O) groups is 2. The fraction of sp³-hybridized carbons (Fsp3) is 0.364. The third-order valence-electron chi connectivity index (χ3n) is 4.92. The predicted molar refractivity (Wildman–Crippen MR) is 119 cm³/mol. The lowest BCUT2D eigenvalue weighted by atomic mass is 10.0. The lowest BCUT2D eigenvalue weighted by Crippen LogP contribution is -2.56. The van der Waals surface area contributed by atoms with Crippen LogP contribution in [-0.4, -0.2) is 35.8 Å². The molecule has 2 aromatic rings. The molecule has 0 saturated carbocycles. The lowest BCUT2D eigenvalue weighted by molar-refractivity contribution is -0.124. The Labute approximate surface area is 183 Å². The number of hydrogen-bond donors (Lipinski definition) is 2. The molecule has 0 radical (unpaired) electrons. The van der Waals surface area contributed by atoms with E-state index in [2.05, 4.69) is 0 Å². The fourth-order valence-corrected chi connectivity index (χ4v) is 4.64. The van der Waals surface area contributed by atoms with Crippen LogP contribution in [0.25, 0.3) is 0 Å². The molecular weight excluding hydrogens is 417 g/mol. The molecular formula is C22H30N3O5P. The van der Waals surface area contributed by atoms with Crippen molar-refractivity contribution in [3.05, 3.63) is 71.8 Å². The molecule has 0 spiro atoms. The van der Waals surface area contributed by atoms with Gasteiger partial charge in [0.05, 0.1) is 0 Å². The first-order chi connectivity index (χ1) is 14.7. The molecule has 3 atom stereocenters. The van der Waals surface area contributed by atoms with Crippen molar-refractivity contribution in [2.24, 2.45) is 17.2 Å². The van der Waals surface area contributed by atoms with Crippen LogP contribution in [0.3, 0.4) is 0 Å². The number of nitrogens with two attached hydrogens (primary N) is 2. The lowest BCUT2D eigenvalue weighted by Gasteiger charge is -2.39. The minimum absolute atomic E-state index is 0.0281. The number of primary amides is 1. The van der Waals surface area contributed by atoms with Crippen molar-refractivity contribution in [3.8, 4) is 0 Å². The Bertz CT molecular complexity index is 908. The Balaban J connectivity index is 2.46. The van der Waals surface area contributed by atoms with Crippen molar-refractivity contribution >= 4 is 19.5 Å². The van der Waals surface area contributed by atoms with Gasteiger partial charge in [0.1, 0.15) is 18.4 Å². The number of benzene rings is 2. The second kappa shape index (κ2) is 11.1. The third-order valence-corrected chi connectivity index (χ3v) is 6.75.